The van der Waals surface area contributed by atoms with Crippen molar-refractivity contribution >= 4 is 11.9 Å². The summed E-state index contributed by atoms with van der Waals surface area (Å²) in [6.07, 6.45) is 3.98. The lowest BCUT2D eigenvalue weighted by Crippen LogP contribution is -2.46. The number of carbonyl (C=O) groups excluding carboxylic acids is 2. The lowest BCUT2D eigenvalue weighted by atomic mass is 10.00. The molecule has 0 spiro atoms. The van der Waals surface area contributed by atoms with Crippen LogP contribution < -0.4 is 0 Å². The summed E-state index contributed by atoms with van der Waals surface area (Å²) in [6, 6.07) is 0.475. The highest BCUT2D eigenvalue weighted by Gasteiger charge is 2.47. The first-order valence-corrected chi connectivity index (χ1v) is 7.15. The van der Waals surface area contributed by atoms with Gasteiger partial charge in [-0.2, -0.15) is 0 Å². The molecular formula is C15H23NO4. The van der Waals surface area contributed by atoms with E-state index in [9.17, 15) is 9.59 Å². The van der Waals surface area contributed by atoms with Gasteiger partial charge in [0.15, 0.2) is 0 Å². The number of esters is 2. The number of hydrogen-bond donors (Lipinski definition) is 0. The Bertz CT molecular complexity index is 432. The molecule has 5 heteroatoms. The third-order valence-corrected chi connectivity index (χ3v) is 4.42. The van der Waals surface area contributed by atoms with Crippen LogP contribution in [0.4, 0.5) is 0 Å². The summed E-state index contributed by atoms with van der Waals surface area (Å²) in [7, 11) is 2.05. The Morgan fingerprint density at radius 2 is 1.85 bits per heavy atom. The largest absolute Gasteiger partial charge is 0.461 e. The molecule has 112 valence electrons. The molecule has 20 heavy (non-hydrogen) atoms. The van der Waals surface area contributed by atoms with Crippen molar-refractivity contribution < 1.29 is 19.1 Å². The normalized spacial score (nSPS) is 33.9. The quantitative estimate of drug-likeness (QED) is 0.582. The van der Waals surface area contributed by atoms with Gasteiger partial charge in [0.2, 0.25) is 0 Å². The van der Waals surface area contributed by atoms with Crippen molar-refractivity contribution in [1.82, 2.24) is 4.90 Å². The minimum Gasteiger partial charge on any atom is -0.461 e. The summed E-state index contributed by atoms with van der Waals surface area (Å²) in [4.78, 5) is 25.2. The van der Waals surface area contributed by atoms with Crippen molar-refractivity contribution in [3.05, 3.63) is 11.6 Å². The van der Waals surface area contributed by atoms with Crippen LogP contribution in [0, 0.1) is 0 Å². The highest BCUT2D eigenvalue weighted by molar-refractivity contribution is 5.87. The number of carbonyl (C=O) groups is 2. The zero-order valence-corrected chi connectivity index (χ0v) is 12.6. The Hall–Kier alpha value is -1.36. The van der Waals surface area contributed by atoms with E-state index < -0.39 is 0 Å². The van der Waals surface area contributed by atoms with Crippen LogP contribution in [0.5, 0.6) is 0 Å². The van der Waals surface area contributed by atoms with E-state index in [2.05, 4.69) is 4.90 Å². The van der Waals surface area contributed by atoms with E-state index >= 15 is 0 Å². The molecule has 2 saturated heterocycles. The number of allylic oxidation sites excluding steroid dienone is 1. The van der Waals surface area contributed by atoms with Crippen molar-refractivity contribution in [2.24, 2.45) is 0 Å². The first kappa shape index (κ1) is 15.0. The number of piperidine rings is 1. The number of rotatable bonds is 3. The molecule has 2 aliphatic heterocycles. The van der Waals surface area contributed by atoms with E-state index in [4.69, 9.17) is 9.47 Å². The van der Waals surface area contributed by atoms with Gasteiger partial charge in [0.05, 0.1) is 6.04 Å². The Morgan fingerprint density at radius 3 is 2.45 bits per heavy atom. The Morgan fingerprint density at radius 1 is 1.15 bits per heavy atom. The molecule has 5 nitrogen and oxygen atoms in total. The Balaban J connectivity index is 1.99. The molecule has 0 aromatic carbocycles. The third-order valence-electron chi connectivity index (χ3n) is 4.42. The van der Waals surface area contributed by atoms with Gasteiger partial charge in [-0.25, -0.2) is 4.79 Å². The molecule has 0 radical (unpaired) electrons. The SMILES string of the molecule is CC=C(C)C(=O)OC1CC2CC(OC(C)=O)C(C1)N2C. The standard InChI is InChI=1S/C15H23NO4/c1-5-9(2)15(18)20-12-6-11-7-14(19-10(3)17)13(8-12)16(11)4/h5,11-14H,6-8H2,1-4H3. The molecular weight excluding hydrogens is 258 g/mol. The molecule has 4 atom stereocenters. The van der Waals surface area contributed by atoms with E-state index in [1.807, 2.05) is 14.0 Å². The van der Waals surface area contributed by atoms with E-state index in [1.54, 1.807) is 13.0 Å². The molecule has 2 rings (SSSR count). The summed E-state index contributed by atoms with van der Waals surface area (Å²) in [5, 5.41) is 0. The van der Waals surface area contributed by atoms with E-state index in [0.29, 0.717) is 11.6 Å². The average molecular weight is 281 g/mol. The van der Waals surface area contributed by atoms with Crippen LogP contribution in [0.2, 0.25) is 0 Å². The van der Waals surface area contributed by atoms with Gasteiger partial charge < -0.3 is 9.47 Å². The zero-order chi connectivity index (χ0) is 14.9. The number of nitrogens with zero attached hydrogens (tertiary/aromatic N) is 1. The molecule has 0 amide bonds. The molecule has 4 unspecified atom stereocenters. The van der Waals surface area contributed by atoms with Gasteiger partial charge in [0, 0.05) is 37.8 Å². The second-order valence-electron chi connectivity index (χ2n) is 5.74. The van der Waals surface area contributed by atoms with Gasteiger partial charge in [0.1, 0.15) is 12.2 Å². The molecule has 0 aromatic heterocycles. The van der Waals surface area contributed by atoms with Crippen molar-refractivity contribution in [2.75, 3.05) is 7.05 Å². The summed E-state index contributed by atoms with van der Waals surface area (Å²) in [5.41, 5.74) is 0.632. The molecule has 2 bridgehead atoms. The van der Waals surface area contributed by atoms with E-state index in [-0.39, 0.29) is 30.2 Å². The maximum atomic E-state index is 11.8. The topological polar surface area (TPSA) is 55.8 Å². The molecule has 0 aliphatic carbocycles. The van der Waals surface area contributed by atoms with Gasteiger partial charge in [0.25, 0.3) is 0 Å². The minimum atomic E-state index is -0.245. The van der Waals surface area contributed by atoms with Crippen LogP contribution in [0.15, 0.2) is 11.6 Å². The number of fused-ring (bicyclic) bond motifs is 2. The summed E-state index contributed by atoms with van der Waals surface area (Å²) in [5.74, 6) is -0.486. The van der Waals surface area contributed by atoms with Crippen molar-refractivity contribution in [3.63, 3.8) is 0 Å². The first-order chi connectivity index (χ1) is 9.42. The van der Waals surface area contributed by atoms with E-state index in [0.717, 1.165) is 19.3 Å². The highest BCUT2D eigenvalue weighted by Crippen LogP contribution is 2.37. The van der Waals surface area contributed by atoms with Gasteiger partial charge in [-0.05, 0) is 20.9 Å². The molecule has 0 saturated carbocycles. The van der Waals surface area contributed by atoms with E-state index in [1.165, 1.54) is 6.92 Å². The maximum Gasteiger partial charge on any atom is 0.333 e. The van der Waals surface area contributed by atoms with Crippen LogP contribution in [0.1, 0.15) is 40.0 Å². The van der Waals surface area contributed by atoms with Crippen LogP contribution in [-0.2, 0) is 19.1 Å². The second kappa shape index (κ2) is 5.95. The van der Waals surface area contributed by atoms with Crippen LogP contribution >= 0.6 is 0 Å². The fourth-order valence-corrected chi connectivity index (χ4v) is 3.17. The first-order valence-electron chi connectivity index (χ1n) is 7.15. The Labute approximate surface area is 119 Å². The third kappa shape index (κ3) is 3.03. The highest BCUT2D eigenvalue weighted by atomic mass is 16.6. The zero-order valence-electron chi connectivity index (χ0n) is 12.6. The van der Waals surface area contributed by atoms with Gasteiger partial charge in [-0.3, -0.25) is 9.69 Å². The summed E-state index contributed by atoms with van der Waals surface area (Å²) < 4.78 is 10.9. The predicted octanol–water partition coefficient (Wildman–Crippen LogP) is 1.66. The summed E-state index contributed by atoms with van der Waals surface area (Å²) >= 11 is 0. The predicted molar refractivity (Wildman–Crippen MR) is 74.1 cm³/mol. The molecule has 2 fully saturated rings. The van der Waals surface area contributed by atoms with Gasteiger partial charge in [-0.15, -0.1) is 0 Å². The fourth-order valence-electron chi connectivity index (χ4n) is 3.17. The monoisotopic (exact) mass is 281 g/mol. The molecule has 0 N–H and O–H groups in total. The number of hydrogen-bond acceptors (Lipinski definition) is 5. The lowest BCUT2D eigenvalue weighted by molar-refractivity contribution is -0.152. The molecule has 0 aromatic rings. The second-order valence-corrected chi connectivity index (χ2v) is 5.74. The fraction of sp³-hybridized carbons (Fsp3) is 0.733. The van der Waals surface area contributed by atoms with Crippen molar-refractivity contribution in [1.29, 1.82) is 0 Å². The van der Waals surface area contributed by atoms with Crippen LogP contribution in [-0.4, -0.2) is 48.2 Å². The minimum absolute atomic E-state index is 0.0750. The smallest absolute Gasteiger partial charge is 0.333 e. The van der Waals surface area contributed by atoms with Crippen molar-refractivity contribution in [3.8, 4) is 0 Å². The van der Waals surface area contributed by atoms with Crippen LogP contribution in [0.25, 0.3) is 0 Å². The Kier molecular flexibility index (Phi) is 4.48. The van der Waals surface area contributed by atoms with Crippen LogP contribution in [0.3, 0.4) is 0 Å². The molecule has 2 heterocycles. The lowest BCUT2D eigenvalue weighted by Gasteiger charge is -2.36. The average Bonchev–Trinajstić information content (AvgIpc) is 2.58. The number of likely N-dealkylation sites (N-methyl/N-ethyl adjacent to an activating group) is 1. The van der Waals surface area contributed by atoms with Gasteiger partial charge in [-0.1, -0.05) is 6.08 Å². The maximum absolute atomic E-state index is 11.8. The van der Waals surface area contributed by atoms with Crippen molar-refractivity contribution in [2.45, 2.75) is 64.3 Å². The van der Waals surface area contributed by atoms with Gasteiger partial charge >= 0.3 is 11.9 Å². The summed E-state index contributed by atoms with van der Waals surface area (Å²) in [6.45, 7) is 5.02. The molecule has 2 aliphatic rings. The number of ether oxygens (including phenoxy) is 2.